The topological polar surface area (TPSA) is 58.6 Å². The van der Waals surface area contributed by atoms with Crippen molar-refractivity contribution >= 4 is 5.97 Å². The van der Waals surface area contributed by atoms with Crippen LogP contribution < -0.4 is 5.32 Å². The van der Waals surface area contributed by atoms with Crippen molar-refractivity contribution in [1.29, 1.82) is 0 Å². The van der Waals surface area contributed by atoms with E-state index in [1.165, 1.54) is 0 Å². The maximum absolute atomic E-state index is 11.1. The summed E-state index contributed by atoms with van der Waals surface area (Å²) in [5, 5.41) is 12.1. The molecule has 0 aromatic carbocycles. The molecule has 2 N–H and O–H groups in total. The summed E-state index contributed by atoms with van der Waals surface area (Å²) in [4.78, 5) is 11.1. The fraction of sp³-hybridized carbons (Fsp3) is 0.900. The van der Waals surface area contributed by atoms with Crippen LogP contribution >= 0.6 is 0 Å². The number of aliphatic hydroxyl groups is 1. The number of hydrogen-bond donors (Lipinski definition) is 2. The molecular formula is C10H19NO3. The maximum Gasteiger partial charge on any atom is 0.320 e. The number of aliphatic hydroxyl groups excluding tert-OH is 1. The Morgan fingerprint density at radius 1 is 1.57 bits per heavy atom. The molecule has 14 heavy (non-hydrogen) atoms. The Labute approximate surface area is 84.6 Å². The minimum absolute atomic E-state index is 0.0465. The molecule has 4 heteroatoms. The molecule has 1 aliphatic carbocycles. The first-order valence-electron chi connectivity index (χ1n) is 5.16. The molecule has 1 saturated carbocycles. The van der Waals surface area contributed by atoms with Gasteiger partial charge in [-0.05, 0) is 39.2 Å². The molecule has 1 fully saturated rings. The van der Waals surface area contributed by atoms with Gasteiger partial charge in [0, 0.05) is 0 Å². The molecule has 1 rings (SSSR count). The second-order valence-corrected chi connectivity index (χ2v) is 4.16. The first kappa shape index (κ1) is 11.5. The molecule has 82 valence electrons. The summed E-state index contributed by atoms with van der Waals surface area (Å²) in [6.45, 7) is 4.73. The van der Waals surface area contributed by atoms with Gasteiger partial charge in [-0.3, -0.25) is 4.79 Å². The van der Waals surface area contributed by atoms with Gasteiger partial charge < -0.3 is 15.2 Å². The van der Waals surface area contributed by atoms with Gasteiger partial charge in [-0.2, -0.15) is 0 Å². The summed E-state index contributed by atoms with van der Waals surface area (Å²) in [5.41, 5.74) is 0. The van der Waals surface area contributed by atoms with Crippen LogP contribution in [0, 0.1) is 5.92 Å². The molecule has 0 aromatic heterocycles. The number of hydrogen-bond acceptors (Lipinski definition) is 4. The highest BCUT2D eigenvalue weighted by Crippen LogP contribution is 2.25. The van der Waals surface area contributed by atoms with E-state index < -0.39 is 0 Å². The highest BCUT2D eigenvalue weighted by atomic mass is 16.5. The van der Waals surface area contributed by atoms with E-state index in [-0.39, 0.29) is 24.7 Å². The van der Waals surface area contributed by atoms with Crippen molar-refractivity contribution in [2.24, 2.45) is 5.92 Å². The van der Waals surface area contributed by atoms with Crippen molar-refractivity contribution < 1.29 is 14.6 Å². The lowest BCUT2D eigenvalue weighted by Gasteiger charge is -2.31. The second-order valence-electron chi connectivity index (χ2n) is 4.16. The van der Waals surface area contributed by atoms with Gasteiger partial charge in [0.05, 0.1) is 18.8 Å². The van der Waals surface area contributed by atoms with E-state index in [9.17, 15) is 4.79 Å². The molecule has 0 bridgehead atoms. The predicted molar refractivity (Wildman–Crippen MR) is 52.8 cm³/mol. The Bertz CT molecular complexity index is 188. The van der Waals surface area contributed by atoms with E-state index in [1.807, 2.05) is 13.8 Å². The Balaban J connectivity index is 1.96. The molecular weight excluding hydrogens is 182 g/mol. The number of ether oxygens (including phenoxy) is 1. The lowest BCUT2D eigenvalue weighted by Crippen LogP contribution is -2.38. The molecule has 0 amide bonds. The summed E-state index contributed by atoms with van der Waals surface area (Å²) in [5.74, 6) is 0.316. The summed E-state index contributed by atoms with van der Waals surface area (Å²) in [7, 11) is 0. The van der Waals surface area contributed by atoms with Gasteiger partial charge in [-0.1, -0.05) is 0 Å². The van der Waals surface area contributed by atoms with Crippen LogP contribution in [0.5, 0.6) is 0 Å². The second kappa shape index (κ2) is 5.32. The zero-order valence-electron chi connectivity index (χ0n) is 8.82. The number of carbonyl (C=O) groups is 1. The van der Waals surface area contributed by atoms with Crippen LogP contribution in [0.4, 0.5) is 0 Å². The highest BCUT2D eigenvalue weighted by molar-refractivity contribution is 5.71. The van der Waals surface area contributed by atoms with E-state index in [0.717, 1.165) is 19.4 Å². The first-order valence-corrected chi connectivity index (χ1v) is 5.16. The van der Waals surface area contributed by atoms with Crippen LogP contribution in [0.15, 0.2) is 0 Å². The molecule has 0 spiro atoms. The molecule has 0 saturated heterocycles. The largest absolute Gasteiger partial charge is 0.462 e. The fourth-order valence-corrected chi connectivity index (χ4v) is 1.55. The maximum atomic E-state index is 11.1. The smallest absolute Gasteiger partial charge is 0.320 e. The lowest BCUT2D eigenvalue weighted by atomic mass is 9.82. The average molecular weight is 201 g/mol. The van der Waals surface area contributed by atoms with Gasteiger partial charge >= 0.3 is 5.97 Å². The van der Waals surface area contributed by atoms with E-state index in [4.69, 9.17) is 9.84 Å². The van der Waals surface area contributed by atoms with Gasteiger partial charge in [0.15, 0.2) is 0 Å². The van der Waals surface area contributed by atoms with Gasteiger partial charge in [0.2, 0.25) is 0 Å². The predicted octanol–water partition coefficient (Wildman–Crippen LogP) is 0.298. The van der Waals surface area contributed by atoms with Crippen LogP contribution in [0.1, 0.15) is 26.7 Å². The third-order valence-corrected chi connectivity index (χ3v) is 2.28. The number of nitrogens with one attached hydrogen (secondary N) is 1. The monoisotopic (exact) mass is 201 g/mol. The quantitative estimate of drug-likeness (QED) is 0.628. The van der Waals surface area contributed by atoms with Crippen LogP contribution in [0.3, 0.4) is 0 Å². The number of esters is 1. The standard InChI is InChI=1S/C10H19NO3/c1-7(2)14-10(13)6-11-5-8-3-9(12)4-8/h7-9,11-12H,3-6H2,1-2H3. The fourth-order valence-electron chi connectivity index (χ4n) is 1.55. The van der Waals surface area contributed by atoms with Gasteiger partial charge in [0.25, 0.3) is 0 Å². The molecule has 0 aromatic rings. The molecule has 0 radical (unpaired) electrons. The van der Waals surface area contributed by atoms with Gasteiger partial charge in [-0.25, -0.2) is 0 Å². The van der Waals surface area contributed by atoms with Crippen molar-refractivity contribution in [2.45, 2.75) is 38.9 Å². The van der Waals surface area contributed by atoms with Crippen LogP contribution in [-0.4, -0.2) is 36.4 Å². The van der Waals surface area contributed by atoms with Crippen molar-refractivity contribution in [3.63, 3.8) is 0 Å². The number of rotatable bonds is 5. The van der Waals surface area contributed by atoms with Crippen LogP contribution in [0.25, 0.3) is 0 Å². The van der Waals surface area contributed by atoms with Crippen LogP contribution in [0.2, 0.25) is 0 Å². The molecule has 0 heterocycles. The zero-order chi connectivity index (χ0) is 10.6. The Morgan fingerprint density at radius 3 is 2.71 bits per heavy atom. The summed E-state index contributed by atoms with van der Waals surface area (Å²) in [6, 6.07) is 0. The third-order valence-electron chi connectivity index (χ3n) is 2.28. The zero-order valence-corrected chi connectivity index (χ0v) is 8.82. The molecule has 0 unspecified atom stereocenters. The van der Waals surface area contributed by atoms with Crippen molar-refractivity contribution in [3.8, 4) is 0 Å². The Hall–Kier alpha value is -0.610. The van der Waals surface area contributed by atoms with Gasteiger partial charge in [0.1, 0.15) is 0 Å². The van der Waals surface area contributed by atoms with E-state index in [0.29, 0.717) is 5.92 Å². The molecule has 1 aliphatic rings. The van der Waals surface area contributed by atoms with E-state index >= 15 is 0 Å². The minimum atomic E-state index is -0.208. The van der Waals surface area contributed by atoms with Crippen molar-refractivity contribution in [2.75, 3.05) is 13.1 Å². The Kier molecular flexibility index (Phi) is 4.35. The summed E-state index contributed by atoms with van der Waals surface area (Å²) >= 11 is 0. The van der Waals surface area contributed by atoms with E-state index in [1.54, 1.807) is 0 Å². The Morgan fingerprint density at radius 2 is 2.21 bits per heavy atom. The average Bonchev–Trinajstić information content (AvgIpc) is 1.99. The normalized spacial score (nSPS) is 26.0. The molecule has 0 aliphatic heterocycles. The first-order chi connectivity index (χ1) is 6.58. The SMILES string of the molecule is CC(C)OC(=O)CNCC1CC(O)C1. The minimum Gasteiger partial charge on any atom is -0.462 e. The number of carbonyl (C=O) groups excluding carboxylic acids is 1. The van der Waals surface area contributed by atoms with Gasteiger partial charge in [-0.15, -0.1) is 0 Å². The highest BCUT2D eigenvalue weighted by Gasteiger charge is 2.26. The molecule has 0 atom stereocenters. The van der Waals surface area contributed by atoms with Crippen molar-refractivity contribution in [3.05, 3.63) is 0 Å². The van der Waals surface area contributed by atoms with Crippen LogP contribution in [-0.2, 0) is 9.53 Å². The lowest BCUT2D eigenvalue weighted by molar-refractivity contribution is -0.146. The third kappa shape index (κ3) is 4.07. The molecule has 4 nitrogen and oxygen atoms in total. The summed E-state index contributed by atoms with van der Waals surface area (Å²) in [6.07, 6.45) is 1.54. The van der Waals surface area contributed by atoms with E-state index in [2.05, 4.69) is 5.32 Å². The van der Waals surface area contributed by atoms with Crippen molar-refractivity contribution in [1.82, 2.24) is 5.32 Å². The summed E-state index contributed by atoms with van der Waals surface area (Å²) < 4.78 is 4.95.